The number of carboxylic acids is 1. The van der Waals surface area contributed by atoms with Gasteiger partial charge in [0.25, 0.3) is 0 Å². The fourth-order valence-corrected chi connectivity index (χ4v) is 1.64. The van der Waals surface area contributed by atoms with Gasteiger partial charge in [-0.2, -0.15) is 0 Å². The maximum atomic E-state index is 12.2. The average Bonchev–Trinajstić information content (AvgIpc) is 2.29. The van der Waals surface area contributed by atoms with E-state index in [-0.39, 0.29) is 23.9 Å². The number of amides is 2. The first-order valence-corrected chi connectivity index (χ1v) is 7.32. The van der Waals surface area contributed by atoms with Gasteiger partial charge in [0.15, 0.2) is 0 Å². The van der Waals surface area contributed by atoms with Crippen LogP contribution in [-0.4, -0.2) is 41.1 Å². The van der Waals surface area contributed by atoms with Crippen molar-refractivity contribution in [2.75, 3.05) is 13.1 Å². The molecule has 118 valence electrons. The van der Waals surface area contributed by atoms with Crippen molar-refractivity contribution < 1.29 is 14.7 Å². The van der Waals surface area contributed by atoms with E-state index in [0.29, 0.717) is 25.4 Å². The van der Waals surface area contributed by atoms with E-state index in [9.17, 15) is 9.59 Å². The number of aliphatic carboxylic acids is 1. The highest BCUT2D eigenvalue weighted by molar-refractivity contribution is 5.74. The molecular weight excluding hydrogens is 256 g/mol. The van der Waals surface area contributed by atoms with Crippen LogP contribution in [-0.2, 0) is 4.79 Å². The molecule has 0 saturated carbocycles. The van der Waals surface area contributed by atoms with E-state index in [1.165, 1.54) is 0 Å². The molecule has 0 aromatic carbocycles. The lowest BCUT2D eigenvalue weighted by Gasteiger charge is -2.31. The van der Waals surface area contributed by atoms with Crippen LogP contribution in [0, 0.1) is 11.3 Å². The monoisotopic (exact) mass is 286 g/mol. The molecule has 0 radical (unpaired) electrons. The zero-order chi connectivity index (χ0) is 15.9. The Morgan fingerprint density at radius 3 is 2.15 bits per heavy atom. The number of hydrogen-bond acceptors (Lipinski definition) is 2. The van der Waals surface area contributed by atoms with Crippen molar-refractivity contribution in [1.82, 2.24) is 10.2 Å². The first-order chi connectivity index (χ1) is 9.05. The molecule has 0 saturated heterocycles. The van der Waals surface area contributed by atoms with E-state index < -0.39 is 5.97 Å². The van der Waals surface area contributed by atoms with E-state index >= 15 is 0 Å². The molecule has 5 nitrogen and oxygen atoms in total. The van der Waals surface area contributed by atoms with E-state index in [1.54, 1.807) is 4.90 Å². The number of rotatable bonds is 7. The minimum absolute atomic E-state index is 0.0636. The Kier molecular flexibility index (Phi) is 7.61. The Hall–Kier alpha value is -1.26. The van der Waals surface area contributed by atoms with Gasteiger partial charge in [0, 0.05) is 25.6 Å². The second-order valence-corrected chi connectivity index (χ2v) is 6.74. The first-order valence-electron chi connectivity index (χ1n) is 7.32. The SMILES string of the molecule is CC(C)N(CCCC(=O)O)C(=O)NCC(C)C(C)(C)C. The van der Waals surface area contributed by atoms with Gasteiger partial charge in [0.2, 0.25) is 0 Å². The van der Waals surface area contributed by atoms with E-state index in [1.807, 2.05) is 13.8 Å². The molecule has 1 unspecified atom stereocenters. The predicted octanol–water partition coefficient (Wildman–Crippen LogP) is 2.95. The molecule has 0 heterocycles. The summed E-state index contributed by atoms with van der Waals surface area (Å²) in [6.07, 6.45) is 0.574. The van der Waals surface area contributed by atoms with Gasteiger partial charge < -0.3 is 15.3 Å². The third kappa shape index (κ3) is 7.36. The highest BCUT2D eigenvalue weighted by atomic mass is 16.4. The van der Waals surface area contributed by atoms with Gasteiger partial charge in [-0.3, -0.25) is 4.79 Å². The van der Waals surface area contributed by atoms with Crippen LogP contribution in [0.15, 0.2) is 0 Å². The fourth-order valence-electron chi connectivity index (χ4n) is 1.64. The number of nitrogens with zero attached hydrogens (tertiary/aromatic N) is 1. The molecule has 0 fully saturated rings. The molecule has 0 bridgehead atoms. The van der Waals surface area contributed by atoms with Gasteiger partial charge in [0.05, 0.1) is 0 Å². The smallest absolute Gasteiger partial charge is 0.317 e. The van der Waals surface area contributed by atoms with Crippen LogP contribution in [0.3, 0.4) is 0 Å². The highest BCUT2D eigenvalue weighted by Crippen LogP contribution is 2.24. The van der Waals surface area contributed by atoms with Crippen LogP contribution < -0.4 is 5.32 Å². The minimum atomic E-state index is -0.824. The van der Waals surface area contributed by atoms with Crippen molar-refractivity contribution in [3.8, 4) is 0 Å². The quantitative estimate of drug-likeness (QED) is 0.756. The average molecular weight is 286 g/mol. The number of nitrogens with one attached hydrogen (secondary N) is 1. The standard InChI is InChI=1S/C15H30N2O3/c1-11(2)17(9-7-8-13(18)19)14(20)16-10-12(3)15(4,5)6/h11-12H,7-10H2,1-6H3,(H,16,20)(H,18,19). The Bertz CT molecular complexity index is 322. The Morgan fingerprint density at radius 1 is 1.20 bits per heavy atom. The van der Waals surface area contributed by atoms with Crippen LogP contribution in [0.4, 0.5) is 4.79 Å². The van der Waals surface area contributed by atoms with Gasteiger partial charge in [-0.1, -0.05) is 27.7 Å². The molecule has 1 atom stereocenters. The van der Waals surface area contributed by atoms with Crippen molar-refractivity contribution in [3.05, 3.63) is 0 Å². The van der Waals surface area contributed by atoms with Gasteiger partial charge in [-0.15, -0.1) is 0 Å². The number of carbonyl (C=O) groups is 2. The number of carboxylic acid groups (broad SMARTS) is 1. The molecule has 0 rings (SSSR count). The normalized spacial score (nSPS) is 13.2. The number of urea groups is 1. The van der Waals surface area contributed by atoms with E-state index in [4.69, 9.17) is 5.11 Å². The summed E-state index contributed by atoms with van der Waals surface area (Å²) in [7, 11) is 0. The van der Waals surface area contributed by atoms with Gasteiger partial charge >= 0.3 is 12.0 Å². The van der Waals surface area contributed by atoms with E-state index in [0.717, 1.165) is 0 Å². The summed E-state index contributed by atoms with van der Waals surface area (Å²) in [4.78, 5) is 24.4. The van der Waals surface area contributed by atoms with Crippen molar-refractivity contribution in [2.45, 2.75) is 60.4 Å². The summed E-state index contributed by atoms with van der Waals surface area (Å²) < 4.78 is 0. The van der Waals surface area contributed by atoms with Crippen LogP contribution in [0.2, 0.25) is 0 Å². The van der Waals surface area contributed by atoms with Gasteiger partial charge in [0.1, 0.15) is 0 Å². The number of hydrogen-bond donors (Lipinski definition) is 2. The molecule has 2 amide bonds. The third-order valence-electron chi connectivity index (χ3n) is 3.71. The molecule has 0 aromatic heterocycles. The largest absolute Gasteiger partial charge is 0.481 e. The Morgan fingerprint density at radius 2 is 1.75 bits per heavy atom. The molecule has 20 heavy (non-hydrogen) atoms. The molecule has 5 heteroatoms. The van der Waals surface area contributed by atoms with Crippen molar-refractivity contribution >= 4 is 12.0 Å². The molecule has 0 aliphatic carbocycles. The van der Waals surface area contributed by atoms with Crippen LogP contribution >= 0.6 is 0 Å². The fraction of sp³-hybridized carbons (Fsp3) is 0.867. The predicted molar refractivity (Wildman–Crippen MR) is 80.7 cm³/mol. The first kappa shape index (κ1) is 18.7. The van der Waals surface area contributed by atoms with Gasteiger partial charge in [-0.25, -0.2) is 4.79 Å². The van der Waals surface area contributed by atoms with Crippen LogP contribution in [0.5, 0.6) is 0 Å². The van der Waals surface area contributed by atoms with E-state index in [2.05, 4.69) is 33.0 Å². The van der Waals surface area contributed by atoms with Crippen LogP contribution in [0.25, 0.3) is 0 Å². The lowest BCUT2D eigenvalue weighted by molar-refractivity contribution is -0.137. The highest BCUT2D eigenvalue weighted by Gasteiger charge is 2.22. The van der Waals surface area contributed by atoms with Crippen molar-refractivity contribution in [1.29, 1.82) is 0 Å². The molecule has 0 aliphatic heterocycles. The maximum absolute atomic E-state index is 12.2. The van der Waals surface area contributed by atoms with Crippen molar-refractivity contribution in [3.63, 3.8) is 0 Å². The maximum Gasteiger partial charge on any atom is 0.317 e. The minimum Gasteiger partial charge on any atom is -0.481 e. The molecule has 2 N–H and O–H groups in total. The number of carbonyl (C=O) groups excluding carboxylic acids is 1. The summed E-state index contributed by atoms with van der Waals surface area (Å²) in [5, 5.41) is 11.6. The molecular formula is C15H30N2O3. The second-order valence-electron chi connectivity index (χ2n) is 6.74. The summed E-state index contributed by atoms with van der Waals surface area (Å²) in [5.41, 5.74) is 0.152. The summed E-state index contributed by atoms with van der Waals surface area (Å²) >= 11 is 0. The molecule has 0 aliphatic rings. The summed E-state index contributed by atoms with van der Waals surface area (Å²) in [5.74, 6) is -0.449. The molecule has 0 aromatic rings. The van der Waals surface area contributed by atoms with Gasteiger partial charge in [-0.05, 0) is 31.6 Å². The summed E-state index contributed by atoms with van der Waals surface area (Å²) in [6.45, 7) is 13.5. The zero-order valence-corrected chi connectivity index (χ0v) is 13.7. The summed E-state index contributed by atoms with van der Waals surface area (Å²) in [6, 6.07) is -0.0461. The Balaban J connectivity index is 4.33. The lowest BCUT2D eigenvalue weighted by Crippen LogP contribution is -2.46. The van der Waals surface area contributed by atoms with Crippen molar-refractivity contribution in [2.24, 2.45) is 11.3 Å². The third-order valence-corrected chi connectivity index (χ3v) is 3.71. The second kappa shape index (κ2) is 8.12. The topological polar surface area (TPSA) is 69.6 Å². The molecule has 0 spiro atoms. The van der Waals surface area contributed by atoms with Crippen LogP contribution in [0.1, 0.15) is 54.4 Å². The lowest BCUT2D eigenvalue weighted by atomic mass is 9.82. The zero-order valence-electron chi connectivity index (χ0n) is 13.7. The Labute approximate surface area is 122 Å².